The van der Waals surface area contributed by atoms with Crippen molar-refractivity contribution in [3.05, 3.63) is 29.8 Å². The molecule has 4 nitrogen and oxygen atoms in total. The molecule has 0 aromatic heterocycles. The number of nitrogens with two attached hydrogens (primary N) is 1. The molecule has 0 atom stereocenters. The first-order chi connectivity index (χ1) is 9.70. The molecule has 2 N–H and O–H groups in total. The summed E-state index contributed by atoms with van der Waals surface area (Å²) in [7, 11) is 1.72. The SMILES string of the molecule is CN(CCC(N)=S)C(=O)COc1cccc(C(C)(C)C)c1. The normalized spacial score (nSPS) is 11.0. The van der Waals surface area contributed by atoms with Gasteiger partial charge in [-0.3, -0.25) is 4.79 Å². The molecule has 0 spiro atoms. The summed E-state index contributed by atoms with van der Waals surface area (Å²) >= 11 is 4.80. The molecule has 1 aromatic rings. The summed E-state index contributed by atoms with van der Waals surface area (Å²) in [6.07, 6.45) is 0.525. The van der Waals surface area contributed by atoms with Crippen LogP contribution in [0.4, 0.5) is 0 Å². The van der Waals surface area contributed by atoms with Gasteiger partial charge in [0.2, 0.25) is 0 Å². The number of ether oxygens (including phenoxy) is 1. The second kappa shape index (κ2) is 7.41. The lowest BCUT2D eigenvalue weighted by molar-refractivity contribution is -0.131. The highest BCUT2D eigenvalue weighted by molar-refractivity contribution is 7.80. The number of carbonyl (C=O) groups excluding carboxylic acids is 1. The lowest BCUT2D eigenvalue weighted by Crippen LogP contribution is -2.33. The van der Waals surface area contributed by atoms with Crippen LogP contribution in [-0.4, -0.2) is 36.0 Å². The molecule has 0 aliphatic carbocycles. The van der Waals surface area contributed by atoms with Crippen molar-refractivity contribution < 1.29 is 9.53 Å². The first kappa shape index (κ1) is 17.4. The Balaban J connectivity index is 2.55. The summed E-state index contributed by atoms with van der Waals surface area (Å²) in [6.45, 7) is 6.95. The summed E-state index contributed by atoms with van der Waals surface area (Å²) < 4.78 is 5.58. The fourth-order valence-electron chi connectivity index (χ4n) is 1.71. The van der Waals surface area contributed by atoms with E-state index in [2.05, 4.69) is 26.8 Å². The maximum atomic E-state index is 11.9. The standard InChI is InChI=1S/C16H24N2O2S/c1-16(2,3)12-6-5-7-13(10-12)20-11-15(19)18(4)9-8-14(17)21/h5-7,10H,8-9,11H2,1-4H3,(H2,17,21). The van der Waals surface area contributed by atoms with Crippen LogP contribution in [0.2, 0.25) is 0 Å². The molecule has 0 heterocycles. The second-order valence-electron chi connectivity index (χ2n) is 6.10. The number of hydrogen-bond donors (Lipinski definition) is 1. The first-order valence-corrected chi connectivity index (χ1v) is 7.36. The van der Waals surface area contributed by atoms with Crippen LogP contribution < -0.4 is 10.5 Å². The predicted octanol–water partition coefficient (Wildman–Crippen LogP) is 2.50. The fourth-order valence-corrected chi connectivity index (χ4v) is 1.80. The van der Waals surface area contributed by atoms with Crippen molar-refractivity contribution in [3.8, 4) is 5.75 Å². The molecule has 1 aromatic carbocycles. The molecular weight excluding hydrogens is 284 g/mol. The molecule has 0 unspecified atom stereocenters. The van der Waals surface area contributed by atoms with Crippen molar-refractivity contribution in [2.75, 3.05) is 20.2 Å². The predicted molar refractivity (Wildman–Crippen MR) is 89.7 cm³/mol. The molecule has 0 saturated carbocycles. The number of benzene rings is 1. The highest BCUT2D eigenvalue weighted by atomic mass is 32.1. The molecule has 1 amide bonds. The van der Waals surface area contributed by atoms with Gasteiger partial charge in [-0.15, -0.1) is 0 Å². The molecule has 0 aliphatic rings. The van der Waals surface area contributed by atoms with E-state index in [1.807, 2.05) is 18.2 Å². The van der Waals surface area contributed by atoms with Gasteiger partial charge in [0, 0.05) is 20.0 Å². The summed E-state index contributed by atoms with van der Waals surface area (Å²) in [5.74, 6) is 0.617. The monoisotopic (exact) mass is 308 g/mol. The van der Waals surface area contributed by atoms with Crippen LogP contribution >= 0.6 is 12.2 Å². The van der Waals surface area contributed by atoms with Gasteiger partial charge in [-0.2, -0.15) is 0 Å². The van der Waals surface area contributed by atoms with E-state index in [1.165, 1.54) is 5.56 Å². The number of amides is 1. The third kappa shape index (κ3) is 6.12. The van der Waals surface area contributed by atoms with Crippen LogP contribution in [0, 0.1) is 0 Å². The lowest BCUT2D eigenvalue weighted by atomic mass is 9.87. The summed E-state index contributed by atoms with van der Waals surface area (Å²) in [4.78, 5) is 13.9. The first-order valence-electron chi connectivity index (χ1n) is 6.96. The van der Waals surface area contributed by atoms with Crippen LogP contribution in [0.15, 0.2) is 24.3 Å². The molecule has 0 bridgehead atoms. The Morgan fingerprint density at radius 2 is 2.05 bits per heavy atom. The zero-order valence-corrected chi connectivity index (χ0v) is 14.0. The van der Waals surface area contributed by atoms with Crippen LogP contribution in [0.1, 0.15) is 32.8 Å². The number of thiocarbonyl (C=S) groups is 1. The quantitative estimate of drug-likeness (QED) is 0.820. The van der Waals surface area contributed by atoms with Crippen molar-refractivity contribution in [1.29, 1.82) is 0 Å². The van der Waals surface area contributed by atoms with Gasteiger partial charge >= 0.3 is 0 Å². The van der Waals surface area contributed by atoms with Crippen molar-refractivity contribution in [1.82, 2.24) is 4.90 Å². The van der Waals surface area contributed by atoms with Crippen molar-refractivity contribution in [2.45, 2.75) is 32.6 Å². The Hall–Kier alpha value is -1.62. The summed E-state index contributed by atoms with van der Waals surface area (Å²) in [5.41, 5.74) is 6.65. The molecule has 1 rings (SSSR count). The molecule has 116 valence electrons. The number of rotatable bonds is 6. The topological polar surface area (TPSA) is 55.6 Å². The highest BCUT2D eigenvalue weighted by Gasteiger charge is 2.15. The van der Waals surface area contributed by atoms with Crippen molar-refractivity contribution in [2.24, 2.45) is 5.73 Å². The number of nitrogens with zero attached hydrogens (tertiary/aromatic N) is 1. The Bertz CT molecular complexity index is 509. The number of likely N-dealkylation sites (N-methyl/N-ethyl adjacent to an activating group) is 1. The molecule has 0 radical (unpaired) electrons. The lowest BCUT2D eigenvalue weighted by Gasteiger charge is -2.20. The molecule has 0 aliphatic heterocycles. The van der Waals surface area contributed by atoms with E-state index >= 15 is 0 Å². The minimum Gasteiger partial charge on any atom is -0.484 e. The molecule has 21 heavy (non-hydrogen) atoms. The van der Waals surface area contributed by atoms with Gasteiger partial charge in [0.05, 0.1) is 4.99 Å². The largest absolute Gasteiger partial charge is 0.484 e. The fraction of sp³-hybridized carbons (Fsp3) is 0.500. The van der Waals surface area contributed by atoms with Gasteiger partial charge in [-0.1, -0.05) is 45.1 Å². The van der Waals surface area contributed by atoms with Gasteiger partial charge < -0.3 is 15.4 Å². The van der Waals surface area contributed by atoms with E-state index in [-0.39, 0.29) is 17.9 Å². The van der Waals surface area contributed by atoms with E-state index in [1.54, 1.807) is 11.9 Å². The Labute approximate surface area is 132 Å². The highest BCUT2D eigenvalue weighted by Crippen LogP contribution is 2.25. The molecule has 0 saturated heterocycles. The smallest absolute Gasteiger partial charge is 0.260 e. The third-order valence-corrected chi connectivity index (χ3v) is 3.39. The third-order valence-electron chi connectivity index (χ3n) is 3.18. The maximum absolute atomic E-state index is 11.9. The second-order valence-corrected chi connectivity index (χ2v) is 6.62. The molecule has 5 heteroatoms. The maximum Gasteiger partial charge on any atom is 0.260 e. The summed E-state index contributed by atoms with van der Waals surface area (Å²) in [5, 5.41) is 0. The average Bonchev–Trinajstić information content (AvgIpc) is 2.41. The Morgan fingerprint density at radius 1 is 1.38 bits per heavy atom. The van der Waals surface area contributed by atoms with Crippen LogP contribution in [-0.2, 0) is 10.2 Å². The van der Waals surface area contributed by atoms with E-state index < -0.39 is 0 Å². The van der Waals surface area contributed by atoms with Gasteiger partial charge in [-0.25, -0.2) is 0 Å². The molecule has 0 fully saturated rings. The average molecular weight is 308 g/mol. The summed E-state index contributed by atoms with van der Waals surface area (Å²) in [6, 6.07) is 7.83. The van der Waals surface area contributed by atoms with Gasteiger partial charge in [0.1, 0.15) is 5.75 Å². The number of hydrogen-bond acceptors (Lipinski definition) is 3. The van der Waals surface area contributed by atoms with E-state index in [9.17, 15) is 4.79 Å². The zero-order valence-electron chi connectivity index (χ0n) is 13.2. The van der Waals surface area contributed by atoms with Crippen LogP contribution in [0.3, 0.4) is 0 Å². The minimum absolute atomic E-state index is 0.0153. The van der Waals surface area contributed by atoms with Gasteiger partial charge in [0.15, 0.2) is 6.61 Å². The van der Waals surface area contributed by atoms with E-state index in [4.69, 9.17) is 22.7 Å². The van der Waals surface area contributed by atoms with E-state index in [0.29, 0.717) is 23.7 Å². The Kier molecular flexibility index (Phi) is 6.15. The van der Waals surface area contributed by atoms with Crippen molar-refractivity contribution in [3.63, 3.8) is 0 Å². The van der Waals surface area contributed by atoms with Crippen LogP contribution in [0.25, 0.3) is 0 Å². The van der Waals surface area contributed by atoms with Crippen LogP contribution in [0.5, 0.6) is 5.75 Å². The van der Waals surface area contributed by atoms with E-state index in [0.717, 1.165) is 0 Å². The van der Waals surface area contributed by atoms with Gasteiger partial charge in [0.25, 0.3) is 5.91 Å². The number of carbonyl (C=O) groups is 1. The van der Waals surface area contributed by atoms with Crippen molar-refractivity contribution >= 4 is 23.1 Å². The Morgan fingerprint density at radius 3 is 2.62 bits per heavy atom. The minimum atomic E-state index is -0.0904. The zero-order chi connectivity index (χ0) is 16.0. The van der Waals surface area contributed by atoms with Gasteiger partial charge in [-0.05, 0) is 23.1 Å². The molecular formula is C16H24N2O2S.